The molecule has 0 radical (unpaired) electrons. The second-order valence-electron chi connectivity index (χ2n) is 9.29. The third-order valence-electron chi connectivity index (χ3n) is 7.07. The summed E-state index contributed by atoms with van der Waals surface area (Å²) in [5.74, 6) is 0.481. The Hall–Kier alpha value is -2.57. The fourth-order valence-corrected chi connectivity index (χ4v) is 5.28. The van der Waals surface area contributed by atoms with E-state index >= 15 is 0 Å². The van der Waals surface area contributed by atoms with Gasteiger partial charge in [0.15, 0.2) is 0 Å². The SMILES string of the molecule is Cc1cc(C(=O)N2CCC(CNC(=O)c3cnn(C)c3)CC2)c(C)n1C1CCCCC1. The molecule has 2 amide bonds. The van der Waals surface area contributed by atoms with Crippen LogP contribution in [0.4, 0.5) is 0 Å². The molecule has 0 bridgehead atoms. The third-order valence-corrected chi connectivity index (χ3v) is 7.07. The fraction of sp³-hybridized carbons (Fsp3) is 0.625. The number of amides is 2. The Balaban J connectivity index is 1.31. The van der Waals surface area contributed by atoms with Crippen LogP contribution in [0.15, 0.2) is 18.5 Å². The van der Waals surface area contributed by atoms with Crippen molar-refractivity contribution in [1.82, 2.24) is 24.6 Å². The molecule has 2 aliphatic rings. The molecule has 0 aromatic carbocycles. The van der Waals surface area contributed by atoms with Gasteiger partial charge in [0.1, 0.15) is 0 Å². The molecule has 1 aliphatic carbocycles. The number of hydrogen-bond donors (Lipinski definition) is 1. The lowest BCUT2D eigenvalue weighted by Gasteiger charge is -2.32. The average Bonchev–Trinajstić information content (AvgIpc) is 3.35. The predicted molar refractivity (Wildman–Crippen MR) is 120 cm³/mol. The summed E-state index contributed by atoms with van der Waals surface area (Å²) in [7, 11) is 1.80. The summed E-state index contributed by atoms with van der Waals surface area (Å²) in [6.07, 6.45) is 11.5. The minimum Gasteiger partial charge on any atom is -0.352 e. The molecular weight excluding hydrogens is 390 g/mol. The first kappa shape index (κ1) is 21.7. The Morgan fingerprint density at radius 2 is 1.81 bits per heavy atom. The summed E-state index contributed by atoms with van der Waals surface area (Å²) in [4.78, 5) is 27.5. The first-order valence-electron chi connectivity index (χ1n) is 11.7. The van der Waals surface area contributed by atoms with Crippen molar-refractivity contribution in [3.63, 3.8) is 0 Å². The molecule has 7 heteroatoms. The van der Waals surface area contributed by atoms with Crippen LogP contribution in [0.1, 0.15) is 83.1 Å². The zero-order valence-electron chi connectivity index (χ0n) is 19.1. The molecule has 4 rings (SSSR count). The highest BCUT2D eigenvalue weighted by atomic mass is 16.2. The Kier molecular flexibility index (Phi) is 6.49. The molecule has 1 aliphatic heterocycles. The van der Waals surface area contributed by atoms with E-state index in [4.69, 9.17) is 0 Å². The Labute approximate surface area is 184 Å². The number of carbonyl (C=O) groups excluding carboxylic acids is 2. The van der Waals surface area contributed by atoms with E-state index in [0.717, 1.165) is 37.2 Å². The maximum atomic E-state index is 13.3. The Bertz CT molecular complexity index is 930. The van der Waals surface area contributed by atoms with Gasteiger partial charge in [0.25, 0.3) is 11.8 Å². The molecule has 2 fully saturated rings. The monoisotopic (exact) mass is 425 g/mol. The first-order chi connectivity index (χ1) is 14.9. The molecule has 1 saturated heterocycles. The number of hydrogen-bond acceptors (Lipinski definition) is 3. The second kappa shape index (κ2) is 9.28. The quantitative estimate of drug-likeness (QED) is 0.795. The fourth-order valence-electron chi connectivity index (χ4n) is 5.28. The van der Waals surface area contributed by atoms with Gasteiger partial charge in [-0.3, -0.25) is 14.3 Å². The van der Waals surface area contributed by atoms with E-state index in [1.165, 1.54) is 37.8 Å². The van der Waals surface area contributed by atoms with Gasteiger partial charge in [-0.25, -0.2) is 0 Å². The van der Waals surface area contributed by atoms with Gasteiger partial charge in [-0.2, -0.15) is 5.10 Å². The van der Waals surface area contributed by atoms with Crippen molar-refractivity contribution in [2.24, 2.45) is 13.0 Å². The number of likely N-dealkylation sites (tertiary alicyclic amines) is 1. The maximum absolute atomic E-state index is 13.3. The number of piperidine rings is 1. The molecule has 1 saturated carbocycles. The first-order valence-corrected chi connectivity index (χ1v) is 11.7. The van der Waals surface area contributed by atoms with E-state index in [2.05, 4.69) is 34.9 Å². The van der Waals surface area contributed by atoms with E-state index in [0.29, 0.717) is 24.1 Å². The van der Waals surface area contributed by atoms with Crippen molar-refractivity contribution < 1.29 is 9.59 Å². The van der Waals surface area contributed by atoms with Crippen molar-refractivity contribution in [2.75, 3.05) is 19.6 Å². The lowest BCUT2D eigenvalue weighted by molar-refractivity contribution is 0.0683. The number of carbonyl (C=O) groups is 2. The molecule has 0 atom stereocenters. The Morgan fingerprint density at radius 3 is 2.45 bits per heavy atom. The van der Waals surface area contributed by atoms with Crippen molar-refractivity contribution in [3.05, 3.63) is 41.0 Å². The van der Waals surface area contributed by atoms with E-state index in [-0.39, 0.29) is 11.8 Å². The van der Waals surface area contributed by atoms with Gasteiger partial charge in [-0.1, -0.05) is 19.3 Å². The third kappa shape index (κ3) is 4.70. The van der Waals surface area contributed by atoms with Crippen LogP contribution >= 0.6 is 0 Å². The van der Waals surface area contributed by atoms with Crippen molar-refractivity contribution in [2.45, 2.75) is 64.8 Å². The average molecular weight is 426 g/mol. The minimum atomic E-state index is -0.0817. The highest BCUT2D eigenvalue weighted by Crippen LogP contribution is 2.32. The van der Waals surface area contributed by atoms with E-state index < -0.39 is 0 Å². The van der Waals surface area contributed by atoms with Crippen LogP contribution in [-0.4, -0.2) is 50.7 Å². The van der Waals surface area contributed by atoms with Gasteiger partial charge in [-0.05, 0) is 51.5 Å². The zero-order chi connectivity index (χ0) is 22.0. The maximum Gasteiger partial charge on any atom is 0.255 e. The smallest absolute Gasteiger partial charge is 0.255 e. The summed E-state index contributed by atoms with van der Waals surface area (Å²) in [5.41, 5.74) is 3.79. The molecule has 0 unspecified atom stereocenters. The normalized spacial score (nSPS) is 18.4. The summed E-state index contributed by atoms with van der Waals surface area (Å²) < 4.78 is 4.04. The zero-order valence-corrected chi connectivity index (χ0v) is 19.1. The highest BCUT2D eigenvalue weighted by Gasteiger charge is 2.28. The summed E-state index contributed by atoms with van der Waals surface area (Å²) in [6, 6.07) is 2.64. The van der Waals surface area contributed by atoms with Gasteiger partial charge in [0, 0.05) is 50.3 Å². The van der Waals surface area contributed by atoms with E-state index in [1.807, 2.05) is 4.90 Å². The minimum absolute atomic E-state index is 0.0817. The van der Waals surface area contributed by atoms with Crippen molar-refractivity contribution in [3.8, 4) is 0 Å². The van der Waals surface area contributed by atoms with Gasteiger partial charge < -0.3 is 14.8 Å². The topological polar surface area (TPSA) is 72.2 Å². The predicted octanol–water partition coefficient (Wildman–Crippen LogP) is 3.63. The highest BCUT2D eigenvalue weighted by molar-refractivity contribution is 5.96. The van der Waals surface area contributed by atoms with Crippen LogP contribution in [-0.2, 0) is 7.05 Å². The number of aromatic nitrogens is 3. The van der Waals surface area contributed by atoms with Crippen LogP contribution in [0.3, 0.4) is 0 Å². The molecule has 0 spiro atoms. The molecule has 3 heterocycles. The molecule has 31 heavy (non-hydrogen) atoms. The van der Waals surface area contributed by atoms with E-state index in [9.17, 15) is 9.59 Å². The number of rotatable bonds is 5. The lowest BCUT2D eigenvalue weighted by atomic mass is 9.95. The second-order valence-corrected chi connectivity index (χ2v) is 9.29. The number of nitrogens with zero attached hydrogens (tertiary/aromatic N) is 4. The molecule has 7 nitrogen and oxygen atoms in total. The molecular formula is C24H35N5O2. The van der Waals surface area contributed by atoms with Gasteiger partial charge in [0.05, 0.1) is 17.3 Å². The molecule has 2 aromatic rings. The lowest BCUT2D eigenvalue weighted by Crippen LogP contribution is -2.41. The summed E-state index contributed by atoms with van der Waals surface area (Å²) in [5, 5.41) is 7.06. The largest absolute Gasteiger partial charge is 0.352 e. The van der Waals surface area contributed by atoms with Crippen LogP contribution < -0.4 is 5.32 Å². The van der Waals surface area contributed by atoms with Gasteiger partial charge >= 0.3 is 0 Å². The molecule has 1 N–H and O–H groups in total. The van der Waals surface area contributed by atoms with E-state index in [1.54, 1.807) is 24.1 Å². The van der Waals surface area contributed by atoms with Crippen LogP contribution in [0.2, 0.25) is 0 Å². The van der Waals surface area contributed by atoms with Gasteiger partial charge in [0.2, 0.25) is 0 Å². The molecule has 168 valence electrons. The summed E-state index contributed by atoms with van der Waals surface area (Å²) in [6.45, 7) is 6.38. The van der Waals surface area contributed by atoms with Crippen LogP contribution in [0.5, 0.6) is 0 Å². The van der Waals surface area contributed by atoms with Crippen LogP contribution in [0.25, 0.3) is 0 Å². The standard InChI is InChI=1S/C24H35N5O2/c1-17-13-22(18(2)29(17)21-7-5-4-6-8-21)24(31)28-11-9-19(10-12-28)14-25-23(30)20-15-26-27(3)16-20/h13,15-16,19,21H,4-12,14H2,1-3H3,(H,25,30). The van der Waals surface area contributed by atoms with Crippen molar-refractivity contribution >= 4 is 11.8 Å². The van der Waals surface area contributed by atoms with Gasteiger partial charge in [-0.15, -0.1) is 0 Å². The Morgan fingerprint density at radius 1 is 1.10 bits per heavy atom. The summed E-state index contributed by atoms with van der Waals surface area (Å²) >= 11 is 0. The number of aryl methyl sites for hydroxylation is 2. The van der Waals surface area contributed by atoms with Crippen molar-refractivity contribution in [1.29, 1.82) is 0 Å². The van der Waals surface area contributed by atoms with Crippen LogP contribution in [0, 0.1) is 19.8 Å². The molecule has 2 aromatic heterocycles. The number of nitrogens with one attached hydrogen (secondary N) is 1.